The molecule has 30 heavy (non-hydrogen) atoms. The van der Waals surface area contributed by atoms with Crippen molar-refractivity contribution >= 4 is 11.9 Å². The number of amides is 1. The number of nitrogens with two attached hydrogens (primary N) is 1. The molecular weight excluding hydrogens is 391 g/mol. The summed E-state index contributed by atoms with van der Waals surface area (Å²) in [5, 5.41) is 2.94. The summed E-state index contributed by atoms with van der Waals surface area (Å²) in [5.74, 6) is -0.284. The van der Waals surface area contributed by atoms with Crippen LogP contribution in [0.4, 0.5) is 10.3 Å². The summed E-state index contributed by atoms with van der Waals surface area (Å²) in [6.07, 6.45) is 1.83. The van der Waals surface area contributed by atoms with Gasteiger partial charge in [0.1, 0.15) is 5.82 Å². The van der Waals surface area contributed by atoms with Crippen LogP contribution in [0.2, 0.25) is 0 Å². The van der Waals surface area contributed by atoms with Gasteiger partial charge in [-0.05, 0) is 24.6 Å². The molecule has 10 heteroatoms. The predicted octanol–water partition coefficient (Wildman–Crippen LogP) is 2.01. The molecule has 4 rings (SSSR count). The molecule has 3 aromatic rings. The maximum atomic E-state index is 14.1. The van der Waals surface area contributed by atoms with E-state index in [1.165, 1.54) is 32.5 Å². The number of halogens is 1. The number of aromatic nitrogens is 4. The van der Waals surface area contributed by atoms with E-state index in [9.17, 15) is 9.18 Å². The average molecular weight is 410 g/mol. The van der Waals surface area contributed by atoms with Gasteiger partial charge in [-0.15, -0.1) is 0 Å². The zero-order valence-electron chi connectivity index (χ0n) is 16.6. The fourth-order valence-electron chi connectivity index (χ4n) is 3.58. The first-order chi connectivity index (χ1) is 14.4. The van der Waals surface area contributed by atoms with Crippen LogP contribution in [0.5, 0.6) is 11.8 Å². The standard InChI is InChI=1S/C20H19FN6O3/c1-9-16-14(27-20(22)24-9)7-13(25-17(16)28)11-5-4-10(21)6-12(11)15-8-23-18(29-2)19(26-15)30-3/h4-6,8,13H,7H2,1-3H3,(H,25,28)(H2,22,24,27). The number of nitrogens with one attached hydrogen (secondary N) is 1. The van der Waals surface area contributed by atoms with Gasteiger partial charge in [0.05, 0.1) is 49.1 Å². The molecule has 0 saturated heterocycles. The third kappa shape index (κ3) is 3.36. The van der Waals surface area contributed by atoms with Crippen LogP contribution in [0.25, 0.3) is 11.3 Å². The van der Waals surface area contributed by atoms with E-state index in [0.717, 1.165) is 0 Å². The molecule has 2 aromatic heterocycles. The largest absolute Gasteiger partial charge is 0.477 e. The maximum Gasteiger partial charge on any atom is 0.278 e. The Morgan fingerprint density at radius 3 is 2.67 bits per heavy atom. The van der Waals surface area contributed by atoms with Gasteiger partial charge in [0.25, 0.3) is 17.7 Å². The molecule has 1 unspecified atom stereocenters. The van der Waals surface area contributed by atoms with Gasteiger partial charge < -0.3 is 20.5 Å². The van der Waals surface area contributed by atoms with Gasteiger partial charge in [0.2, 0.25) is 5.95 Å². The molecule has 1 atom stereocenters. The molecule has 154 valence electrons. The molecule has 0 fully saturated rings. The molecule has 0 aliphatic carbocycles. The Morgan fingerprint density at radius 1 is 1.17 bits per heavy atom. The minimum Gasteiger partial charge on any atom is -0.477 e. The van der Waals surface area contributed by atoms with Gasteiger partial charge in [-0.25, -0.2) is 24.3 Å². The third-order valence-electron chi connectivity index (χ3n) is 4.87. The third-order valence-corrected chi connectivity index (χ3v) is 4.87. The number of hydrogen-bond donors (Lipinski definition) is 2. The van der Waals surface area contributed by atoms with E-state index in [1.54, 1.807) is 13.0 Å². The SMILES string of the molecule is COc1ncc(-c2cc(F)ccc2C2Cc3nc(N)nc(C)c3C(=O)N2)nc1OC. The van der Waals surface area contributed by atoms with Crippen LogP contribution < -0.4 is 20.5 Å². The molecule has 0 radical (unpaired) electrons. The Labute approximate surface area is 171 Å². The molecule has 0 saturated carbocycles. The van der Waals surface area contributed by atoms with Crippen molar-refractivity contribution in [2.24, 2.45) is 0 Å². The monoisotopic (exact) mass is 410 g/mol. The molecule has 0 bridgehead atoms. The van der Waals surface area contributed by atoms with Gasteiger partial charge in [-0.2, -0.15) is 0 Å². The number of benzene rings is 1. The number of carbonyl (C=O) groups excluding carboxylic acids is 1. The number of ether oxygens (including phenoxy) is 2. The second-order valence-corrected chi connectivity index (χ2v) is 6.72. The first kappa shape index (κ1) is 19.5. The number of nitrogen functional groups attached to an aromatic ring is 1. The topological polar surface area (TPSA) is 125 Å². The van der Waals surface area contributed by atoms with Crippen molar-refractivity contribution < 1.29 is 18.7 Å². The van der Waals surface area contributed by atoms with E-state index < -0.39 is 11.9 Å². The Morgan fingerprint density at radius 2 is 1.93 bits per heavy atom. The molecule has 1 amide bonds. The summed E-state index contributed by atoms with van der Waals surface area (Å²) < 4.78 is 24.4. The molecule has 0 spiro atoms. The van der Waals surface area contributed by atoms with Gasteiger partial charge >= 0.3 is 0 Å². The smallest absolute Gasteiger partial charge is 0.278 e. The summed E-state index contributed by atoms with van der Waals surface area (Å²) >= 11 is 0. The van der Waals surface area contributed by atoms with E-state index in [2.05, 4.69) is 25.3 Å². The summed E-state index contributed by atoms with van der Waals surface area (Å²) in [6.45, 7) is 1.71. The molecule has 3 heterocycles. The highest BCUT2D eigenvalue weighted by Crippen LogP contribution is 2.34. The van der Waals surface area contributed by atoms with Crippen molar-refractivity contribution in [3.8, 4) is 23.0 Å². The summed E-state index contributed by atoms with van der Waals surface area (Å²) in [6, 6.07) is 3.81. The van der Waals surface area contributed by atoms with E-state index in [1.807, 2.05) is 0 Å². The van der Waals surface area contributed by atoms with Crippen LogP contribution >= 0.6 is 0 Å². The molecule has 9 nitrogen and oxygen atoms in total. The second-order valence-electron chi connectivity index (χ2n) is 6.72. The minimum absolute atomic E-state index is 0.102. The quantitative estimate of drug-likeness (QED) is 0.669. The van der Waals surface area contributed by atoms with Crippen molar-refractivity contribution in [2.45, 2.75) is 19.4 Å². The second kappa shape index (κ2) is 7.54. The normalized spacial score (nSPS) is 15.3. The zero-order chi connectivity index (χ0) is 21.4. The van der Waals surface area contributed by atoms with Crippen molar-refractivity contribution in [3.05, 3.63) is 52.7 Å². The number of carbonyl (C=O) groups is 1. The van der Waals surface area contributed by atoms with Crippen LogP contribution in [-0.4, -0.2) is 40.1 Å². The maximum absolute atomic E-state index is 14.1. The number of anilines is 1. The first-order valence-electron chi connectivity index (χ1n) is 9.10. The Bertz CT molecular complexity index is 1150. The van der Waals surface area contributed by atoms with Gasteiger partial charge in [0, 0.05) is 12.0 Å². The van der Waals surface area contributed by atoms with Crippen LogP contribution in [0.1, 0.15) is 33.4 Å². The van der Waals surface area contributed by atoms with Crippen molar-refractivity contribution in [1.82, 2.24) is 25.3 Å². The average Bonchev–Trinajstić information content (AvgIpc) is 2.72. The molecule has 3 N–H and O–H groups in total. The minimum atomic E-state index is -0.468. The number of methoxy groups -OCH3 is 2. The van der Waals surface area contributed by atoms with Gasteiger partial charge in [0.15, 0.2) is 0 Å². The van der Waals surface area contributed by atoms with Crippen molar-refractivity contribution in [3.63, 3.8) is 0 Å². The lowest BCUT2D eigenvalue weighted by Gasteiger charge is -2.27. The first-order valence-corrected chi connectivity index (χ1v) is 9.10. The fourth-order valence-corrected chi connectivity index (χ4v) is 3.58. The fraction of sp³-hybridized carbons (Fsp3) is 0.250. The van der Waals surface area contributed by atoms with Crippen LogP contribution in [-0.2, 0) is 6.42 Å². The molecule has 1 aliphatic rings. The molecule has 1 aliphatic heterocycles. The molecular formula is C20H19FN6O3. The van der Waals surface area contributed by atoms with Gasteiger partial charge in [-0.3, -0.25) is 4.79 Å². The summed E-state index contributed by atoms with van der Waals surface area (Å²) in [4.78, 5) is 29.6. The Hall–Kier alpha value is -3.82. The highest BCUT2D eigenvalue weighted by molar-refractivity contribution is 5.98. The van der Waals surface area contributed by atoms with Crippen molar-refractivity contribution in [2.75, 3.05) is 20.0 Å². The van der Waals surface area contributed by atoms with E-state index in [4.69, 9.17) is 15.2 Å². The highest BCUT2D eigenvalue weighted by atomic mass is 19.1. The number of hydrogen-bond acceptors (Lipinski definition) is 8. The lowest BCUT2D eigenvalue weighted by molar-refractivity contribution is 0.0922. The van der Waals surface area contributed by atoms with Crippen LogP contribution in [0.3, 0.4) is 0 Å². The van der Waals surface area contributed by atoms with Crippen LogP contribution in [0.15, 0.2) is 24.4 Å². The lowest BCUT2D eigenvalue weighted by atomic mass is 9.90. The van der Waals surface area contributed by atoms with E-state index in [-0.39, 0.29) is 23.6 Å². The molecule has 1 aromatic carbocycles. The predicted molar refractivity (Wildman–Crippen MR) is 106 cm³/mol. The van der Waals surface area contributed by atoms with Crippen molar-refractivity contribution in [1.29, 1.82) is 0 Å². The number of fused-ring (bicyclic) bond motifs is 1. The zero-order valence-corrected chi connectivity index (χ0v) is 16.6. The Balaban J connectivity index is 1.81. The van der Waals surface area contributed by atoms with Gasteiger partial charge in [-0.1, -0.05) is 6.07 Å². The number of rotatable bonds is 4. The Kier molecular flexibility index (Phi) is 4.90. The van der Waals surface area contributed by atoms with E-state index in [0.29, 0.717) is 40.2 Å². The summed E-state index contributed by atoms with van der Waals surface area (Å²) in [7, 11) is 2.89. The lowest BCUT2D eigenvalue weighted by Crippen LogP contribution is -2.37. The number of nitrogens with zero attached hydrogens (tertiary/aromatic N) is 4. The number of aryl methyl sites for hydroxylation is 1. The highest BCUT2D eigenvalue weighted by Gasteiger charge is 2.31. The van der Waals surface area contributed by atoms with Crippen LogP contribution in [0, 0.1) is 12.7 Å². The van der Waals surface area contributed by atoms with E-state index >= 15 is 0 Å². The summed E-state index contributed by atoms with van der Waals surface area (Å²) in [5.41, 5.74) is 8.74.